The zero-order chi connectivity index (χ0) is 18.7. The van der Waals surface area contributed by atoms with Crippen LogP contribution in [0.1, 0.15) is 33.3 Å². The second-order valence-corrected chi connectivity index (χ2v) is 6.27. The van der Waals surface area contributed by atoms with E-state index in [1.807, 2.05) is 19.1 Å². The van der Waals surface area contributed by atoms with E-state index in [0.29, 0.717) is 13.2 Å². The van der Waals surface area contributed by atoms with E-state index in [2.05, 4.69) is 37.5 Å². The third-order valence-corrected chi connectivity index (χ3v) is 3.88. The van der Waals surface area contributed by atoms with Crippen LogP contribution in [0.3, 0.4) is 0 Å². The van der Waals surface area contributed by atoms with Gasteiger partial charge in [0.25, 0.3) is 0 Å². The van der Waals surface area contributed by atoms with Crippen LogP contribution in [0.4, 0.5) is 0 Å². The lowest BCUT2D eigenvalue weighted by Gasteiger charge is -2.25. The number of hydrogen-bond acceptors (Lipinski definition) is 4. The van der Waals surface area contributed by atoms with Gasteiger partial charge in [0.05, 0.1) is 27.4 Å². The van der Waals surface area contributed by atoms with Crippen LogP contribution in [-0.2, 0) is 10.2 Å². The molecule has 0 atom stereocenters. The zero-order valence-corrected chi connectivity index (χ0v) is 16.4. The Kier molecular flexibility index (Phi) is 9.13. The Labute approximate surface area is 152 Å². The average molecular weight is 351 g/mol. The monoisotopic (exact) mass is 351 g/mol. The molecule has 1 rings (SSSR count). The summed E-state index contributed by atoms with van der Waals surface area (Å²) in [6.45, 7) is 12.0. The number of benzene rings is 1. The molecular formula is C19H33N3O3. The Bertz CT molecular complexity index is 545. The lowest BCUT2D eigenvalue weighted by atomic mass is 9.84. The summed E-state index contributed by atoms with van der Waals surface area (Å²) in [5.74, 6) is 2.27. The van der Waals surface area contributed by atoms with E-state index in [-0.39, 0.29) is 5.41 Å². The van der Waals surface area contributed by atoms with Crippen molar-refractivity contribution in [1.29, 1.82) is 0 Å². The molecule has 0 amide bonds. The van der Waals surface area contributed by atoms with Crippen LogP contribution in [-0.4, -0.2) is 53.0 Å². The maximum absolute atomic E-state index is 5.41. The van der Waals surface area contributed by atoms with Crippen LogP contribution in [0.15, 0.2) is 23.2 Å². The number of nitrogens with one attached hydrogen (secondary N) is 2. The quantitative estimate of drug-likeness (QED) is 0.385. The Morgan fingerprint density at radius 3 is 2.40 bits per heavy atom. The molecule has 0 aromatic heterocycles. The van der Waals surface area contributed by atoms with Gasteiger partial charge in [-0.25, -0.2) is 0 Å². The first kappa shape index (κ1) is 21.1. The molecule has 0 heterocycles. The first-order chi connectivity index (χ1) is 12.0. The minimum absolute atomic E-state index is 0.137. The van der Waals surface area contributed by atoms with E-state index in [0.717, 1.165) is 42.7 Å². The molecule has 0 bridgehead atoms. The van der Waals surface area contributed by atoms with Crippen LogP contribution < -0.4 is 20.1 Å². The smallest absolute Gasteiger partial charge is 0.191 e. The first-order valence-electron chi connectivity index (χ1n) is 8.80. The fourth-order valence-corrected chi connectivity index (χ4v) is 2.35. The molecule has 1 aromatic carbocycles. The van der Waals surface area contributed by atoms with E-state index in [9.17, 15) is 0 Å². The summed E-state index contributed by atoms with van der Waals surface area (Å²) in [4.78, 5) is 4.72. The maximum Gasteiger partial charge on any atom is 0.191 e. The molecule has 0 radical (unpaired) electrons. The number of rotatable bonds is 10. The molecule has 0 aliphatic rings. The van der Waals surface area contributed by atoms with Crippen LogP contribution in [0, 0.1) is 0 Å². The van der Waals surface area contributed by atoms with Gasteiger partial charge in [0.2, 0.25) is 0 Å². The van der Waals surface area contributed by atoms with E-state index in [1.54, 1.807) is 14.2 Å². The van der Waals surface area contributed by atoms with Crippen LogP contribution in [0.25, 0.3) is 0 Å². The largest absolute Gasteiger partial charge is 0.493 e. The predicted molar refractivity (Wildman–Crippen MR) is 103 cm³/mol. The highest BCUT2D eigenvalue weighted by Crippen LogP contribution is 2.33. The molecule has 0 spiro atoms. The summed E-state index contributed by atoms with van der Waals surface area (Å²) in [6, 6.07) is 6.02. The van der Waals surface area contributed by atoms with Gasteiger partial charge < -0.3 is 24.8 Å². The summed E-state index contributed by atoms with van der Waals surface area (Å²) in [5, 5.41) is 6.55. The molecule has 6 heteroatoms. The highest BCUT2D eigenvalue weighted by molar-refractivity contribution is 5.79. The second-order valence-electron chi connectivity index (χ2n) is 6.27. The van der Waals surface area contributed by atoms with Gasteiger partial charge in [0, 0.05) is 25.1 Å². The number of nitrogens with zero attached hydrogens (tertiary/aromatic N) is 1. The van der Waals surface area contributed by atoms with Crippen molar-refractivity contribution in [3.8, 4) is 11.5 Å². The van der Waals surface area contributed by atoms with E-state index < -0.39 is 0 Å². The number of ether oxygens (including phenoxy) is 3. The average Bonchev–Trinajstić information content (AvgIpc) is 2.62. The summed E-state index contributed by atoms with van der Waals surface area (Å²) >= 11 is 0. The third kappa shape index (κ3) is 6.82. The molecule has 0 saturated heterocycles. The molecule has 142 valence electrons. The molecule has 0 unspecified atom stereocenters. The zero-order valence-electron chi connectivity index (χ0n) is 16.4. The lowest BCUT2D eigenvalue weighted by molar-refractivity contribution is 0.152. The van der Waals surface area contributed by atoms with Crippen molar-refractivity contribution in [2.45, 2.75) is 33.1 Å². The van der Waals surface area contributed by atoms with Crippen molar-refractivity contribution < 1.29 is 14.2 Å². The lowest BCUT2D eigenvalue weighted by Crippen LogP contribution is -2.40. The summed E-state index contributed by atoms with van der Waals surface area (Å²) in [6.07, 6.45) is 0. The van der Waals surface area contributed by atoms with Gasteiger partial charge in [-0.15, -0.1) is 0 Å². The number of guanidine groups is 1. The molecule has 25 heavy (non-hydrogen) atoms. The van der Waals surface area contributed by atoms with Gasteiger partial charge in [-0.3, -0.25) is 4.99 Å². The number of aliphatic imine (C=N–C) groups is 1. The van der Waals surface area contributed by atoms with Crippen molar-refractivity contribution in [2.75, 3.05) is 47.1 Å². The van der Waals surface area contributed by atoms with Gasteiger partial charge in [0.1, 0.15) is 0 Å². The van der Waals surface area contributed by atoms with Gasteiger partial charge in [0.15, 0.2) is 17.5 Å². The van der Waals surface area contributed by atoms with Gasteiger partial charge >= 0.3 is 0 Å². The molecule has 0 saturated carbocycles. The van der Waals surface area contributed by atoms with Crippen molar-refractivity contribution in [1.82, 2.24) is 10.6 Å². The molecule has 0 aliphatic heterocycles. The van der Waals surface area contributed by atoms with Crippen molar-refractivity contribution in [3.05, 3.63) is 23.8 Å². The SMILES string of the molecule is CCNC(=NCC(C)(C)c1ccc(OC)c(OC)c1)NCCOCC. The molecule has 0 aliphatic carbocycles. The van der Waals surface area contributed by atoms with Crippen LogP contribution >= 0.6 is 0 Å². The summed E-state index contributed by atoms with van der Waals surface area (Å²) < 4.78 is 16.1. The normalized spacial score (nSPS) is 12.0. The standard InChI is InChI=1S/C19H33N3O3/c1-7-20-18(21-11-12-25-8-2)22-14-19(3,4)15-9-10-16(23-5)17(13-15)24-6/h9-10,13H,7-8,11-12,14H2,1-6H3,(H2,20,21,22). The van der Waals surface area contributed by atoms with Crippen molar-refractivity contribution in [3.63, 3.8) is 0 Å². The van der Waals surface area contributed by atoms with Crippen molar-refractivity contribution in [2.24, 2.45) is 4.99 Å². The Hall–Kier alpha value is -1.95. The summed E-state index contributed by atoms with van der Waals surface area (Å²) in [7, 11) is 3.29. The first-order valence-corrected chi connectivity index (χ1v) is 8.80. The molecule has 6 nitrogen and oxygen atoms in total. The summed E-state index contributed by atoms with van der Waals surface area (Å²) in [5.41, 5.74) is 1.01. The molecule has 2 N–H and O–H groups in total. The van der Waals surface area contributed by atoms with Crippen LogP contribution in [0.2, 0.25) is 0 Å². The predicted octanol–water partition coefficient (Wildman–Crippen LogP) is 2.57. The van der Waals surface area contributed by atoms with Crippen LogP contribution in [0.5, 0.6) is 11.5 Å². The molecule has 0 fully saturated rings. The molecule has 1 aromatic rings. The van der Waals surface area contributed by atoms with Gasteiger partial charge in [-0.2, -0.15) is 0 Å². The van der Waals surface area contributed by atoms with Crippen molar-refractivity contribution >= 4 is 5.96 Å². The fraction of sp³-hybridized carbons (Fsp3) is 0.632. The minimum atomic E-state index is -0.137. The number of hydrogen-bond donors (Lipinski definition) is 2. The van der Waals surface area contributed by atoms with E-state index in [4.69, 9.17) is 19.2 Å². The Balaban J connectivity index is 2.82. The fourth-order valence-electron chi connectivity index (χ4n) is 2.35. The van der Waals surface area contributed by atoms with Gasteiger partial charge in [-0.1, -0.05) is 19.9 Å². The maximum atomic E-state index is 5.41. The second kappa shape index (κ2) is 10.8. The minimum Gasteiger partial charge on any atom is -0.493 e. The van der Waals surface area contributed by atoms with E-state index >= 15 is 0 Å². The Morgan fingerprint density at radius 2 is 1.80 bits per heavy atom. The third-order valence-electron chi connectivity index (χ3n) is 3.88. The topological polar surface area (TPSA) is 64.1 Å². The van der Waals surface area contributed by atoms with Gasteiger partial charge in [-0.05, 0) is 31.5 Å². The highest BCUT2D eigenvalue weighted by atomic mass is 16.5. The highest BCUT2D eigenvalue weighted by Gasteiger charge is 2.22. The number of methoxy groups -OCH3 is 2. The molecular weight excluding hydrogens is 318 g/mol. The Morgan fingerprint density at radius 1 is 1.08 bits per heavy atom. The van der Waals surface area contributed by atoms with E-state index in [1.165, 1.54) is 0 Å².